The number of aromatic nitrogens is 2. The Hall–Kier alpha value is -2.12. The lowest BCUT2D eigenvalue weighted by Crippen LogP contribution is -2.12. The van der Waals surface area contributed by atoms with Gasteiger partial charge in [0.15, 0.2) is 0 Å². The van der Waals surface area contributed by atoms with Crippen molar-refractivity contribution >= 4 is 0 Å². The first-order valence-electron chi connectivity index (χ1n) is 6.50. The molecule has 0 radical (unpaired) electrons. The predicted octanol–water partition coefficient (Wildman–Crippen LogP) is 2.88. The summed E-state index contributed by atoms with van der Waals surface area (Å²) in [4.78, 5) is 0. The number of hydrogen-bond acceptors (Lipinski definition) is 3. The number of ether oxygens (including phenoxy) is 1. The number of rotatable bonds is 3. The third kappa shape index (κ3) is 2.38. The quantitative estimate of drug-likeness (QED) is 0.914. The molecule has 19 heavy (non-hydrogen) atoms. The Morgan fingerprint density at radius 1 is 1.42 bits per heavy atom. The zero-order valence-corrected chi connectivity index (χ0v) is 10.6. The number of aromatic amines is 1. The van der Waals surface area contributed by atoms with Gasteiger partial charge in [-0.25, -0.2) is 0 Å². The van der Waals surface area contributed by atoms with Crippen LogP contribution in [0.25, 0.3) is 0 Å². The van der Waals surface area contributed by atoms with E-state index in [-0.39, 0.29) is 6.10 Å². The SMILES string of the molecule is N#Cc1ccccc1COC1CCCc2cn[nH]c21. The van der Waals surface area contributed by atoms with Crippen LogP contribution in [0.4, 0.5) is 0 Å². The van der Waals surface area contributed by atoms with Crippen molar-refractivity contribution in [3.8, 4) is 6.07 Å². The van der Waals surface area contributed by atoms with Gasteiger partial charge >= 0.3 is 0 Å². The summed E-state index contributed by atoms with van der Waals surface area (Å²) in [5, 5.41) is 16.2. The van der Waals surface area contributed by atoms with E-state index < -0.39 is 0 Å². The summed E-state index contributed by atoms with van der Waals surface area (Å²) in [6.45, 7) is 0.465. The molecule has 1 aromatic heterocycles. The molecule has 1 atom stereocenters. The molecule has 0 saturated heterocycles. The normalized spacial score (nSPS) is 17.7. The molecule has 96 valence electrons. The molecule has 0 aliphatic heterocycles. The number of nitrogens with one attached hydrogen (secondary N) is 1. The van der Waals surface area contributed by atoms with Crippen molar-refractivity contribution < 1.29 is 4.74 Å². The number of fused-ring (bicyclic) bond motifs is 1. The van der Waals surface area contributed by atoms with Crippen LogP contribution < -0.4 is 0 Å². The number of nitriles is 1. The molecule has 0 amide bonds. The maximum atomic E-state index is 9.06. The molecule has 0 fully saturated rings. The Morgan fingerprint density at radius 3 is 3.21 bits per heavy atom. The second-order valence-electron chi connectivity index (χ2n) is 4.77. The fraction of sp³-hybridized carbons (Fsp3) is 0.333. The minimum Gasteiger partial charge on any atom is -0.367 e. The van der Waals surface area contributed by atoms with Crippen LogP contribution in [0.15, 0.2) is 30.5 Å². The molecule has 1 unspecified atom stereocenters. The van der Waals surface area contributed by atoms with Crippen molar-refractivity contribution in [2.75, 3.05) is 0 Å². The topological polar surface area (TPSA) is 61.7 Å². The van der Waals surface area contributed by atoms with Crippen molar-refractivity contribution in [2.24, 2.45) is 0 Å². The van der Waals surface area contributed by atoms with Gasteiger partial charge in [0.25, 0.3) is 0 Å². The largest absolute Gasteiger partial charge is 0.367 e. The van der Waals surface area contributed by atoms with E-state index in [1.165, 1.54) is 5.56 Å². The summed E-state index contributed by atoms with van der Waals surface area (Å²) in [7, 11) is 0. The van der Waals surface area contributed by atoms with Gasteiger partial charge in [-0.05, 0) is 36.5 Å². The third-order valence-electron chi connectivity index (χ3n) is 3.56. The summed E-state index contributed by atoms with van der Waals surface area (Å²) in [5.41, 5.74) is 3.98. The lowest BCUT2D eigenvalue weighted by atomic mass is 9.96. The minimum absolute atomic E-state index is 0.0676. The van der Waals surface area contributed by atoms with Crippen LogP contribution in [0.5, 0.6) is 0 Å². The molecule has 4 heteroatoms. The summed E-state index contributed by atoms with van der Waals surface area (Å²) < 4.78 is 5.97. The molecule has 2 aromatic rings. The average Bonchev–Trinajstić information content (AvgIpc) is 2.94. The van der Waals surface area contributed by atoms with E-state index in [9.17, 15) is 0 Å². The zero-order valence-electron chi connectivity index (χ0n) is 10.6. The number of nitrogens with zero attached hydrogens (tertiary/aromatic N) is 2. The van der Waals surface area contributed by atoms with Gasteiger partial charge < -0.3 is 4.74 Å². The van der Waals surface area contributed by atoms with Crippen molar-refractivity contribution in [1.82, 2.24) is 10.2 Å². The maximum absolute atomic E-state index is 9.06. The van der Waals surface area contributed by atoms with Crippen LogP contribution in [0, 0.1) is 11.3 Å². The highest BCUT2D eigenvalue weighted by molar-refractivity contribution is 5.36. The molecule has 1 heterocycles. The van der Waals surface area contributed by atoms with E-state index in [0.29, 0.717) is 12.2 Å². The molecule has 4 nitrogen and oxygen atoms in total. The van der Waals surface area contributed by atoms with Gasteiger partial charge in [-0.3, -0.25) is 5.10 Å². The van der Waals surface area contributed by atoms with E-state index in [4.69, 9.17) is 10.00 Å². The number of H-pyrrole nitrogens is 1. The lowest BCUT2D eigenvalue weighted by Gasteiger charge is -2.22. The molecule has 1 aliphatic rings. The monoisotopic (exact) mass is 253 g/mol. The standard InChI is InChI=1S/C15H15N3O/c16-8-11-4-1-2-5-13(11)10-19-14-7-3-6-12-9-17-18-15(12)14/h1-2,4-5,9,14H,3,6-7,10H2,(H,17,18). The zero-order chi connectivity index (χ0) is 13.1. The smallest absolute Gasteiger partial charge is 0.0996 e. The second-order valence-corrected chi connectivity index (χ2v) is 4.77. The summed E-state index contributed by atoms with van der Waals surface area (Å²) in [5.74, 6) is 0. The number of benzene rings is 1. The molecule has 1 aromatic carbocycles. The number of aryl methyl sites for hydroxylation is 1. The van der Waals surface area contributed by atoms with Crippen molar-refractivity contribution in [1.29, 1.82) is 5.26 Å². The molecule has 0 bridgehead atoms. The Balaban J connectivity index is 1.73. The van der Waals surface area contributed by atoms with Crippen LogP contribution in [-0.2, 0) is 17.8 Å². The molecule has 0 spiro atoms. The lowest BCUT2D eigenvalue weighted by molar-refractivity contribution is 0.0254. The van der Waals surface area contributed by atoms with Crippen LogP contribution >= 0.6 is 0 Å². The first-order valence-corrected chi connectivity index (χ1v) is 6.50. The van der Waals surface area contributed by atoms with Gasteiger partial charge in [0.1, 0.15) is 0 Å². The summed E-state index contributed by atoms with van der Waals surface area (Å²) >= 11 is 0. The third-order valence-corrected chi connectivity index (χ3v) is 3.56. The average molecular weight is 253 g/mol. The minimum atomic E-state index is 0.0676. The summed E-state index contributed by atoms with van der Waals surface area (Å²) in [6, 6.07) is 9.76. The van der Waals surface area contributed by atoms with Crippen molar-refractivity contribution in [3.05, 3.63) is 52.8 Å². The van der Waals surface area contributed by atoms with Crippen molar-refractivity contribution in [3.63, 3.8) is 0 Å². The fourth-order valence-corrected chi connectivity index (χ4v) is 2.53. The Labute approximate surface area is 112 Å². The predicted molar refractivity (Wildman–Crippen MR) is 70.2 cm³/mol. The molecular weight excluding hydrogens is 238 g/mol. The van der Waals surface area contributed by atoms with Gasteiger partial charge in [0, 0.05) is 0 Å². The number of hydrogen-bond donors (Lipinski definition) is 1. The molecule has 3 rings (SSSR count). The Kier molecular flexibility index (Phi) is 3.30. The van der Waals surface area contributed by atoms with Gasteiger partial charge in [-0.1, -0.05) is 18.2 Å². The highest BCUT2D eigenvalue weighted by atomic mass is 16.5. The molecule has 0 saturated carbocycles. The highest BCUT2D eigenvalue weighted by Gasteiger charge is 2.22. The van der Waals surface area contributed by atoms with Crippen LogP contribution in [0.1, 0.15) is 41.3 Å². The van der Waals surface area contributed by atoms with Crippen LogP contribution in [-0.4, -0.2) is 10.2 Å². The summed E-state index contributed by atoms with van der Waals surface area (Å²) in [6.07, 6.45) is 5.15. The van der Waals surface area contributed by atoms with E-state index in [1.54, 1.807) is 0 Å². The first kappa shape index (κ1) is 11.9. The van der Waals surface area contributed by atoms with E-state index in [1.807, 2.05) is 30.5 Å². The van der Waals surface area contributed by atoms with Crippen LogP contribution in [0.3, 0.4) is 0 Å². The van der Waals surface area contributed by atoms with E-state index in [0.717, 1.165) is 30.5 Å². The highest BCUT2D eigenvalue weighted by Crippen LogP contribution is 2.31. The molecule has 1 aliphatic carbocycles. The Morgan fingerprint density at radius 2 is 2.32 bits per heavy atom. The van der Waals surface area contributed by atoms with Crippen LogP contribution in [0.2, 0.25) is 0 Å². The van der Waals surface area contributed by atoms with Gasteiger partial charge in [0.2, 0.25) is 0 Å². The van der Waals surface area contributed by atoms with Crippen molar-refractivity contribution in [2.45, 2.75) is 32.0 Å². The van der Waals surface area contributed by atoms with E-state index in [2.05, 4.69) is 16.3 Å². The van der Waals surface area contributed by atoms with Gasteiger partial charge in [-0.15, -0.1) is 0 Å². The maximum Gasteiger partial charge on any atom is 0.0996 e. The second kappa shape index (κ2) is 5.25. The molecular formula is C15H15N3O. The fourth-order valence-electron chi connectivity index (χ4n) is 2.53. The molecule has 1 N–H and O–H groups in total. The van der Waals surface area contributed by atoms with E-state index >= 15 is 0 Å². The van der Waals surface area contributed by atoms with Gasteiger partial charge in [-0.2, -0.15) is 10.4 Å². The Bertz CT molecular complexity index is 612. The first-order chi connectivity index (χ1) is 9.38. The van der Waals surface area contributed by atoms with Gasteiger partial charge in [0.05, 0.1) is 36.2 Å².